The molecule has 3 aromatic carbocycles. The van der Waals surface area contributed by atoms with Crippen LogP contribution >= 0.6 is 0 Å². The molecule has 0 saturated carbocycles. The van der Waals surface area contributed by atoms with Crippen molar-refractivity contribution in [2.24, 2.45) is 0 Å². The van der Waals surface area contributed by atoms with E-state index in [1.165, 1.54) is 6.07 Å². The molecular formula is C27H26FN3O2. The molecule has 33 heavy (non-hydrogen) atoms. The molecule has 1 heterocycles. The van der Waals surface area contributed by atoms with Gasteiger partial charge in [-0.05, 0) is 48.9 Å². The van der Waals surface area contributed by atoms with Crippen molar-refractivity contribution in [3.8, 4) is 22.7 Å². The topological polar surface area (TPSA) is 56.1 Å². The maximum atomic E-state index is 14.7. The van der Waals surface area contributed by atoms with Gasteiger partial charge in [0.05, 0.1) is 18.0 Å². The Balaban J connectivity index is 1.62. The lowest BCUT2D eigenvalue weighted by molar-refractivity contribution is 0.0951. The van der Waals surface area contributed by atoms with E-state index in [0.717, 1.165) is 24.1 Å². The van der Waals surface area contributed by atoms with E-state index in [-0.39, 0.29) is 18.2 Å². The first-order valence-electron chi connectivity index (χ1n) is 11.1. The Morgan fingerprint density at radius 1 is 1.03 bits per heavy atom. The quantitative estimate of drug-likeness (QED) is 0.333. The highest BCUT2D eigenvalue weighted by Gasteiger charge is 2.16. The highest BCUT2D eigenvalue weighted by molar-refractivity contribution is 5.94. The number of nitrogens with zero attached hydrogens (tertiary/aromatic N) is 2. The summed E-state index contributed by atoms with van der Waals surface area (Å²) in [5.41, 5.74) is 3.45. The SMILES string of the molecule is CCCCOc1ccc(-c2nn(-c3ccccc3)cc2CNC(=O)c2ccccc2)cc1F. The number of nitrogens with one attached hydrogen (secondary N) is 1. The summed E-state index contributed by atoms with van der Waals surface area (Å²) in [5, 5.41) is 7.65. The Bertz CT molecular complexity index is 1210. The van der Waals surface area contributed by atoms with Crippen LogP contribution in [0.25, 0.3) is 16.9 Å². The summed E-state index contributed by atoms with van der Waals surface area (Å²) in [6, 6.07) is 23.5. The highest BCUT2D eigenvalue weighted by atomic mass is 19.1. The van der Waals surface area contributed by atoms with Crippen LogP contribution in [0.5, 0.6) is 5.75 Å². The number of para-hydroxylation sites is 1. The molecule has 0 atom stereocenters. The third-order valence-corrected chi connectivity index (χ3v) is 5.25. The van der Waals surface area contributed by atoms with Gasteiger partial charge in [0.2, 0.25) is 0 Å². The van der Waals surface area contributed by atoms with E-state index in [1.54, 1.807) is 28.9 Å². The number of benzene rings is 3. The van der Waals surface area contributed by atoms with Gasteiger partial charge >= 0.3 is 0 Å². The zero-order valence-corrected chi connectivity index (χ0v) is 18.5. The van der Waals surface area contributed by atoms with E-state index in [1.807, 2.05) is 54.7 Å². The van der Waals surface area contributed by atoms with E-state index >= 15 is 0 Å². The number of carbonyl (C=O) groups is 1. The maximum Gasteiger partial charge on any atom is 0.251 e. The van der Waals surface area contributed by atoms with Crippen molar-refractivity contribution in [2.75, 3.05) is 6.61 Å². The van der Waals surface area contributed by atoms with Crippen molar-refractivity contribution in [1.82, 2.24) is 15.1 Å². The summed E-state index contributed by atoms with van der Waals surface area (Å²) < 4.78 is 22.0. The number of unbranched alkanes of at least 4 members (excludes halogenated alkanes) is 1. The van der Waals surface area contributed by atoms with Gasteiger partial charge < -0.3 is 10.1 Å². The molecule has 0 saturated heterocycles. The number of amides is 1. The number of ether oxygens (including phenoxy) is 1. The average molecular weight is 444 g/mol. The van der Waals surface area contributed by atoms with Crippen LogP contribution in [0.4, 0.5) is 4.39 Å². The fraction of sp³-hybridized carbons (Fsp3) is 0.185. The van der Waals surface area contributed by atoms with Gasteiger partial charge in [-0.25, -0.2) is 9.07 Å². The van der Waals surface area contributed by atoms with Crippen LogP contribution in [0, 0.1) is 5.82 Å². The number of aromatic nitrogens is 2. The molecule has 1 amide bonds. The second-order valence-corrected chi connectivity index (χ2v) is 7.68. The average Bonchev–Trinajstić information content (AvgIpc) is 3.29. The van der Waals surface area contributed by atoms with Crippen LogP contribution in [0.2, 0.25) is 0 Å². The van der Waals surface area contributed by atoms with Crippen molar-refractivity contribution in [1.29, 1.82) is 0 Å². The molecule has 1 N–H and O–H groups in total. The molecule has 6 heteroatoms. The Morgan fingerprint density at radius 2 is 1.76 bits per heavy atom. The van der Waals surface area contributed by atoms with Crippen LogP contribution in [-0.2, 0) is 6.54 Å². The van der Waals surface area contributed by atoms with E-state index in [2.05, 4.69) is 12.2 Å². The summed E-state index contributed by atoms with van der Waals surface area (Å²) >= 11 is 0. The first-order valence-corrected chi connectivity index (χ1v) is 11.1. The molecule has 5 nitrogen and oxygen atoms in total. The molecule has 0 aliphatic carbocycles. The van der Waals surface area contributed by atoms with E-state index in [4.69, 9.17) is 9.84 Å². The minimum absolute atomic E-state index is 0.181. The molecule has 4 rings (SSSR count). The molecule has 0 aliphatic rings. The number of rotatable bonds is 9. The summed E-state index contributed by atoms with van der Waals surface area (Å²) in [7, 11) is 0. The molecule has 0 bridgehead atoms. The number of halogens is 1. The molecule has 0 unspecified atom stereocenters. The van der Waals surface area contributed by atoms with Crippen molar-refractivity contribution in [2.45, 2.75) is 26.3 Å². The molecule has 168 valence electrons. The second kappa shape index (κ2) is 10.6. The fourth-order valence-electron chi connectivity index (χ4n) is 3.45. The van der Waals surface area contributed by atoms with Gasteiger partial charge in [-0.2, -0.15) is 5.10 Å². The van der Waals surface area contributed by atoms with Gasteiger partial charge in [0, 0.05) is 29.4 Å². The normalized spacial score (nSPS) is 10.7. The third-order valence-electron chi connectivity index (χ3n) is 5.25. The van der Waals surface area contributed by atoms with Crippen molar-refractivity contribution in [3.63, 3.8) is 0 Å². The Labute approximate surface area is 192 Å². The third kappa shape index (κ3) is 5.47. The Kier molecular flexibility index (Phi) is 7.15. The zero-order valence-electron chi connectivity index (χ0n) is 18.5. The molecule has 0 aliphatic heterocycles. The van der Waals surface area contributed by atoms with Crippen LogP contribution in [0.1, 0.15) is 35.7 Å². The smallest absolute Gasteiger partial charge is 0.251 e. The predicted molar refractivity (Wildman–Crippen MR) is 127 cm³/mol. The summed E-state index contributed by atoms with van der Waals surface area (Å²) in [4.78, 5) is 12.6. The second-order valence-electron chi connectivity index (χ2n) is 7.68. The molecule has 0 fully saturated rings. The van der Waals surface area contributed by atoms with Crippen LogP contribution in [-0.4, -0.2) is 22.3 Å². The Hall–Kier alpha value is -3.93. The molecule has 0 radical (unpaired) electrons. The van der Waals surface area contributed by atoms with E-state index < -0.39 is 5.82 Å². The molecule has 0 spiro atoms. The number of hydrogen-bond donors (Lipinski definition) is 1. The number of carbonyl (C=O) groups excluding carboxylic acids is 1. The minimum atomic E-state index is -0.433. The van der Waals surface area contributed by atoms with Gasteiger partial charge in [0.25, 0.3) is 5.91 Å². The van der Waals surface area contributed by atoms with Gasteiger partial charge in [0.15, 0.2) is 11.6 Å². The molecule has 4 aromatic rings. The predicted octanol–water partition coefficient (Wildman–Crippen LogP) is 5.79. The largest absolute Gasteiger partial charge is 0.491 e. The maximum absolute atomic E-state index is 14.7. The van der Waals surface area contributed by atoms with Crippen LogP contribution in [0.3, 0.4) is 0 Å². The van der Waals surface area contributed by atoms with Gasteiger partial charge in [-0.3, -0.25) is 4.79 Å². The van der Waals surface area contributed by atoms with Gasteiger partial charge in [-0.1, -0.05) is 49.7 Å². The lowest BCUT2D eigenvalue weighted by Crippen LogP contribution is -2.22. The van der Waals surface area contributed by atoms with Crippen molar-refractivity contribution < 1.29 is 13.9 Å². The van der Waals surface area contributed by atoms with E-state index in [9.17, 15) is 9.18 Å². The first kappa shape index (κ1) is 22.3. The standard InChI is InChI=1S/C27H26FN3O2/c1-2-3-16-33-25-15-14-21(17-24(25)28)26-22(18-29-27(32)20-10-6-4-7-11-20)19-31(30-26)23-12-8-5-9-13-23/h4-15,17,19H,2-3,16,18H2,1H3,(H,29,32). The zero-order chi connectivity index (χ0) is 23.0. The Morgan fingerprint density at radius 3 is 2.45 bits per heavy atom. The lowest BCUT2D eigenvalue weighted by Gasteiger charge is -2.09. The summed E-state index contributed by atoms with van der Waals surface area (Å²) in [5.74, 6) is -0.384. The van der Waals surface area contributed by atoms with Crippen LogP contribution in [0.15, 0.2) is 85.1 Å². The number of hydrogen-bond acceptors (Lipinski definition) is 3. The first-order chi connectivity index (χ1) is 16.2. The summed E-state index contributed by atoms with van der Waals surface area (Å²) in [6.45, 7) is 2.79. The summed E-state index contributed by atoms with van der Waals surface area (Å²) in [6.07, 6.45) is 3.71. The lowest BCUT2D eigenvalue weighted by atomic mass is 10.1. The van der Waals surface area contributed by atoms with Crippen LogP contribution < -0.4 is 10.1 Å². The monoisotopic (exact) mass is 443 g/mol. The fourth-order valence-corrected chi connectivity index (χ4v) is 3.45. The van der Waals surface area contributed by atoms with E-state index in [0.29, 0.717) is 23.4 Å². The molecule has 1 aromatic heterocycles. The minimum Gasteiger partial charge on any atom is -0.491 e. The van der Waals surface area contributed by atoms with Crippen molar-refractivity contribution >= 4 is 5.91 Å². The molecular weight excluding hydrogens is 417 g/mol. The van der Waals surface area contributed by atoms with Gasteiger partial charge in [-0.15, -0.1) is 0 Å². The van der Waals surface area contributed by atoms with Gasteiger partial charge in [0.1, 0.15) is 0 Å². The van der Waals surface area contributed by atoms with Crippen molar-refractivity contribution in [3.05, 3.63) is 102 Å². The highest BCUT2D eigenvalue weighted by Crippen LogP contribution is 2.28.